The lowest BCUT2D eigenvalue weighted by atomic mass is 10.0. The fourth-order valence-electron chi connectivity index (χ4n) is 3.59. The highest BCUT2D eigenvalue weighted by molar-refractivity contribution is 5.94. The van der Waals surface area contributed by atoms with Gasteiger partial charge in [0.15, 0.2) is 5.82 Å². The van der Waals surface area contributed by atoms with Gasteiger partial charge in [-0.05, 0) is 54.4 Å². The zero-order valence-corrected chi connectivity index (χ0v) is 19.6. The van der Waals surface area contributed by atoms with Crippen molar-refractivity contribution in [1.29, 1.82) is 0 Å². The summed E-state index contributed by atoms with van der Waals surface area (Å²) in [7, 11) is 0. The van der Waals surface area contributed by atoms with Gasteiger partial charge in [-0.15, -0.1) is 0 Å². The van der Waals surface area contributed by atoms with Crippen molar-refractivity contribution in [1.82, 2.24) is 15.3 Å². The summed E-state index contributed by atoms with van der Waals surface area (Å²) < 4.78 is 5.77. The Kier molecular flexibility index (Phi) is 7.21. The Labute approximate surface area is 203 Å². The van der Waals surface area contributed by atoms with Crippen molar-refractivity contribution in [2.24, 2.45) is 11.7 Å². The first-order valence-electron chi connectivity index (χ1n) is 11.3. The van der Waals surface area contributed by atoms with Gasteiger partial charge in [0, 0.05) is 10.9 Å². The molecule has 0 unspecified atom stereocenters. The first-order valence-corrected chi connectivity index (χ1v) is 11.3. The number of carbonyl (C=O) groups excluding carboxylic acids is 2. The van der Waals surface area contributed by atoms with Gasteiger partial charge in [-0.3, -0.25) is 9.59 Å². The maximum absolute atomic E-state index is 12.7. The summed E-state index contributed by atoms with van der Waals surface area (Å²) in [5.74, 6) is 1.51. The molecule has 4 aromatic rings. The molecule has 1 atom stereocenters. The minimum atomic E-state index is -0.590. The standard InChI is InChI=1S/C27H27N5O3/c1-17(2)24(25(28)33)32-26-21-10-6-7-11-22(21)30-23(31-26)16-29-27(34)18-12-14-20(15-13-18)35-19-8-4-3-5-9-19/h3-15,17,24H,16H2,1-2H3,(H2,28,33)(H,29,34)(H,30,31,32)/t24-/m0/s1. The molecule has 2 amide bonds. The van der Waals surface area contributed by atoms with Gasteiger partial charge in [0.2, 0.25) is 5.91 Å². The number of aromatic nitrogens is 2. The predicted molar refractivity (Wildman–Crippen MR) is 135 cm³/mol. The van der Waals surface area contributed by atoms with E-state index in [1.807, 2.05) is 68.4 Å². The van der Waals surface area contributed by atoms with E-state index in [1.54, 1.807) is 24.3 Å². The van der Waals surface area contributed by atoms with E-state index in [0.29, 0.717) is 28.5 Å². The lowest BCUT2D eigenvalue weighted by Crippen LogP contribution is -2.40. The van der Waals surface area contributed by atoms with Crippen molar-refractivity contribution in [2.45, 2.75) is 26.4 Å². The van der Waals surface area contributed by atoms with Crippen LogP contribution in [0.25, 0.3) is 10.9 Å². The monoisotopic (exact) mass is 469 g/mol. The molecule has 3 aromatic carbocycles. The number of carbonyl (C=O) groups is 2. The maximum atomic E-state index is 12.7. The number of hydrogen-bond acceptors (Lipinski definition) is 6. The van der Waals surface area contributed by atoms with Crippen LogP contribution in [-0.2, 0) is 11.3 Å². The first kappa shape index (κ1) is 23.7. The van der Waals surface area contributed by atoms with E-state index in [9.17, 15) is 9.59 Å². The molecular weight excluding hydrogens is 442 g/mol. The second kappa shape index (κ2) is 10.6. The molecule has 1 aromatic heterocycles. The van der Waals surface area contributed by atoms with E-state index in [1.165, 1.54) is 0 Å². The molecular formula is C27H27N5O3. The number of nitrogens with two attached hydrogens (primary N) is 1. The highest BCUT2D eigenvalue weighted by atomic mass is 16.5. The Morgan fingerprint density at radius 2 is 1.54 bits per heavy atom. The number of nitrogens with zero attached hydrogens (tertiary/aromatic N) is 2. The molecule has 0 fully saturated rings. The fourth-order valence-corrected chi connectivity index (χ4v) is 3.59. The molecule has 0 spiro atoms. The molecule has 4 N–H and O–H groups in total. The Balaban J connectivity index is 1.47. The molecule has 0 saturated heterocycles. The van der Waals surface area contributed by atoms with Crippen LogP contribution in [0.15, 0.2) is 78.9 Å². The number of anilines is 1. The smallest absolute Gasteiger partial charge is 0.251 e. The lowest BCUT2D eigenvalue weighted by molar-refractivity contribution is -0.119. The Morgan fingerprint density at radius 3 is 2.23 bits per heavy atom. The Hall–Kier alpha value is -4.46. The number of amides is 2. The zero-order chi connectivity index (χ0) is 24.8. The van der Waals surface area contributed by atoms with Crippen LogP contribution < -0.4 is 21.1 Å². The van der Waals surface area contributed by atoms with E-state index in [-0.39, 0.29) is 18.4 Å². The van der Waals surface area contributed by atoms with Gasteiger partial charge >= 0.3 is 0 Å². The third kappa shape index (κ3) is 5.92. The summed E-state index contributed by atoms with van der Waals surface area (Å²) in [6.45, 7) is 3.93. The van der Waals surface area contributed by atoms with Gasteiger partial charge in [0.1, 0.15) is 23.4 Å². The van der Waals surface area contributed by atoms with Crippen LogP contribution >= 0.6 is 0 Å². The molecule has 0 saturated carbocycles. The Morgan fingerprint density at radius 1 is 0.886 bits per heavy atom. The van der Waals surface area contributed by atoms with Gasteiger partial charge in [-0.25, -0.2) is 9.97 Å². The van der Waals surface area contributed by atoms with Crippen LogP contribution in [0.5, 0.6) is 11.5 Å². The molecule has 0 bridgehead atoms. The van der Waals surface area contributed by atoms with E-state index < -0.39 is 11.9 Å². The Bertz CT molecular complexity index is 1320. The molecule has 0 aliphatic rings. The zero-order valence-electron chi connectivity index (χ0n) is 19.6. The number of benzene rings is 3. The number of para-hydroxylation sites is 2. The average Bonchev–Trinajstić information content (AvgIpc) is 2.86. The van der Waals surface area contributed by atoms with Crippen LogP contribution in [0.1, 0.15) is 30.0 Å². The molecule has 4 rings (SSSR count). The van der Waals surface area contributed by atoms with E-state index in [2.05, 4.69) is 20.6 Å². The van der Waals surface area contributed by atoms with Gasteiger partial charge in [-0.1, -0.05) is 44.2 Å². The predicted octanol–water partition coefficient (Wildman–Crippen LogP) is 4.27. The number of nitrogens with one attached hydrogen (secondary N) is 2. The number of primary amides is 1. The topological polar surface area (TPSA) is 119 Å². The molecule has 35 heavy (non-hydrogen) atoms. The van der Waals surface area contributed by atoms with Gasteiger partial charge in [-0.2, -0.15) is 0 Å². The number of ether oxygens (including phenoxy) is 1. The van der Waals surface area contributed by atoms with Gasteiger partial charge < -0.3 is 21.1 Å². The molecule has 178 valence electrons. The highest BCUT2D eigenvalue weighted by Gasteiger charge is 2.21. The molecule has 1 heterocycles. The largest absolute Gasteiger partial charge is 0.457 e. The van der Waals surface area contributed by atoms with Crippen molar-refractivity contribution >= 4 is 28.5 Å². The minimum absolute atomic E-state index is 0.0294. The summed E-state index contributed by atoms with van der Waals surface area (Å²) >= 11 is 0. The number of fused-ring (bicyclic) bond motifs is 1. The van der Waals surface area contributed by atoms with Crippen molar-refractivity contribution in [3.63, 3.8) is 0 Å². The van der Waals surface area contributed by atoms with Crippen LogP contribution in [0.3, 0.4) is 0 Å². The van der Waals surface area contributed by atoms with Crippen molar-refractivity contribution in [2.75, 3.05) is 5.32 Å². The summed E-state index contributed by atoms with van der Waals surface area (Å²) in [4.78, 5) is 33.7. The summed E-state index contributed by atoms with van der Waals surface area (Å²) in [5, 5.41) is 6.77. The van der Waals surface area contributed by atoms with Crippen molar-refractivity contribution < 1.29 is 14.3 Å². The molecule has 0 aliphatic heterocycles. The second-order valence-corrected chi connectivity index (χ2v) is 8.40. The SMILES string of the molecule is CC(C)[C@H](Nc1nc(CNC(=O)c2ccc(Oc3ccccc3)cc2)nc2ccccc12)C(N)=O. The van der Waals surface area contributed by atoms with Crippen LogP contribution in [0, 0.1) is 5.92 Å². The number of rotatable bonds is 9. The highest BCUT2D eigenvalue weighted by Crippen LogP contribution is 2.23. The number of hydrogen-bond donors (Lipinski definition) is 3. The summed E-state index contributed by atoms with van der Waals surface area (Å²) in [5.41, 5.74) is 6.76. The van der Waals surface area contributed by atoms with Gasteiger partial charge in [0.25, 0.3) is 5.91 Å². The van der Waals surface area contributed by atoms with Crippen molar-refractivity contribution in [3.8, 4) is 11.5 Å². The fraction of sp³-hybridized carbons (Fsp3) is 0.185. The quantitative estimate of drug-likeness (QED) is 0.337. The summed E-state index contributed by atoms with van der Waals surface area (Å²) in [6, 6.07) is 23.2. The minimum Gasteiger partial charge on any atom is -0.457 e. The molecule has 0 aliphatic carbocycles. The van der Waals surface area contributed by atoms with E-state index >= 15 is 0 Å². The molecule has 0 radical (unpaired) electrons. The first-order chi connectivity index (χ1) is 16.9. The van der Waals surface area contributed by atoms with E-state index in [0.717, 1.165) is 11.1 Å². The van der Waals surface area contributed by atoms with Crippen LogP contribution in [0.4, 0.5) is 5.82 Å². The molecule has 8 heteroatoms. The average molecular weight is 470 g/mol. The van der Waals surface area contributed by atoms with Crippen LogP contribution in [0.2, 0.25) is 0 Å². The maximum Gasteiger partial charge on any atom is 0.251 e. The van der Waals surface area contributed by atoms with E-state index in [4.69, 9.17) is 10.5 Å². The molecule has 8 nitrogen and oxygen atoms in total. The normalized spacial score (nSPS) is 11.7. The second-order valence-electron chi connectivity index (χ2n) is 8.40. The van der Waals surface area contributed by atoms with Crippen molar-refractivity contribution in [3.05, 3.63) is 90.3 Å². The lowest BCUT2D eigenvalue weighted by Gasteiger charge is -2.21. The van der Waals surface area contributed by atoms with Crippen LogP contribution in [-0.4, -0.2) is 27.8 Å². The third-order valence-electron chi connectivity index (χ3n) is 5.42. The third-order valence-corrected chi connectivity index (χ3v) is 5.42. The summed E-state index contributed by atoms with van der Waals surface area (Å²) in [6.07, 6.45) is 0. The van der Waals surface area contributed by atoms with Gasteiger partial charge in [0.05, 0.1) is 12.1 Å².